The van der Waals surface area contributed by atoms with E-state index in [0.717, 1.165) is 5.56 Å². The van der Waals surface area contributed by atoms with Crippen molar-refractivity contribution >= 4 is 40.6 Å². The van der Waals surface area contributed by atoms with E-state index in [4.69, 9.17) is 28.8 Å². The highest BCUT2D eigenvalue weighted by Gasteiger charge is 2.50. The predicted octanol–water partition coefficient (Wildman–Crippen LogP) is 1.66. The fraction of sp³-hybridized carbons (Fsp3) is 0.353. The molecule has 3 heterocycles. The first-order valence-corrected chi connectivity index (χ1v) is 8.56. The van der Waals surface area contributed by atoms with Crippen LogP contribution in [0.25, 0.3) is 0 Å². The number of benzene rings is 1. The molecule has 0 saturated carbocycles. The Kier molecular flexibility index (Phi) is 4.82. The van der Waals surface area contributed by atoms with Gasteiger partial charge in [0.25, 0.3) is 0 Å². The van der Waals surface area contributed by atoms with Crippen molar-refractivity contribution in [2.75, 3.05) is 0 Å². The van der Waals surface area contributed by atoms with Crippen molar-refractivity contribution in [3.05, 3.63) is 35.6 Å². The van der Waals surface area contributed by atoms with E-state index in [1.54, 1.807) is 24.0 Å². The third kappa shape index (κ3) is 3.22. The Bertz CT molecular complexity index is 817. The number of hydrogen-bond acceptors (Lipinski definition) is 4. The molecule has 0 radical (unpaired) electrons. The summed E-state index contributed by atoms with van der Waals surface area (Å²) in [7, 11) is 0. The molecule has 4 N–H and O–H groups in total. The molecule has 0 spiro atoms. The van der Waals surface area contributed by atoms with Crippen LogP contribution in [0.2, 0.25) is 0 Å². The van der Waals surface area contributed by atoms with Gasteiger partial charge in [0.05, 0.1) is 11.9 Å². The third-order valence-electron chi connectivity index (χ3n) is 4.53. The average Bonchev–Trinajstić information content (AvgIpc) is 2.59. The number of fused-ring (bicyclic) bond motifs is 3. The van der Waals surface area contributed by atoms with Gasteiger partial charge in [0.2, 0.25) is 5.91 Å². The van der Waals surface area contributed by atoms with Crippen molar-refractivity contribution < 1.29 is 9.18 Å². The van der Waals surface area contributed by atoms with Crippen LogP contribution in [0.3, 0.4) is 0 Å². The lowest BCUT2D eigenvalue weighted by molar-refractivity contribution is -0.142. The van der Waals surface area contributed by atoms with Crippen LogP contribution < -0.4 is 5.73 Å². The maximum atomic E-state index is 13.1. The third-order valence-corrected chi connectivity index (χ3v) is 4.82. The lowest BCUT2D eigenvalue weighted by Crippen LogP contribution is -2.69. The van der Waals surface area contributed by atoms with Crippen molar-refractivity contribution in [3.63, 3.8) is 0 Å². The van der Waals surface area contributed by atoms with Gasteiger partial charge >= 0.3 is 0 Å². The molecule has 2 atom stereocenters. The molecule has 3 fully saturated rings. The zero-order valence-electron chi connectivity index (χ0n) is 14.2. The van der Waals surface area contributed by atoms with E-state index < -0.39 is 12.1 Å². The number of halogens is 1. The van der Waals surface area contributed by atoms with Gasteiger partial charge in [-0.05, 0) is 37.5 Å². The van der Waals surface area contributed by atoms with E-state index >= 15 is 0 Å². The molecular formula is C17H19FN6OS. The highest BCUT2D eigenvalue weighted by molar-refractivity contribution is 7.82. The second kappa shape index (κ2) is 6.91. The zero-order valence-corrected chi connectivity index (χ0v) is 15.0. The maximum absolute atomic E-state index is 13.1. The summed E-state index contributed by atoms with van der Waals surface area (Å²) in [4.78, 5) is 19.7. The molecule has 1 aromatic rings. The number of piperidine rings is 2. The molecule has 0 aromatic heterocycles. The second-order valence-corrected chi connectivity index (χ2v) is 6.75. The minimum absolute atomic E-state index is 0.0415. The second-order valence-electron chi connectivity index (χ2n) is 6.36. The van der Waals surface area contributed by atoms with E-state index in [1.807, 2.05) is 0 Å². The summed E-state index contributed by atoms with van der Waals surface area (Å²) in [6.07, 6.45) is 1.19. The number of nitrogens with zero attached hydrogens (tertiary/aromatic N) is 3. The highest BCUT2D eigenvalue weighted by Crippen LogP contribution is 2.32. The first kappa shape index (κ1) is 18.1. The molecule has 26 heavy (non-hydrogen) atoms. The lowest BCUT2D eigenvalue weighted by Gasteiger charge is -2.51. The Labute approximate surface area is 155 Å². The maximum Gasteiger partial charge on any atom is 0.246 e. The molecule has 1 amide bonds. The molecule has 9 heteroatoms. The molecule has 1 aromatic carbocycles. The average molecular weight is 374 g/mol. The number of hydrogen-bond donors (Lipinski definition) is 3. The molecule has 3 aliphatic heterocycles. The number of rotatable bonds is 2. The standard InChI is InChI=1S/C17H19FN6OS/c1-9(19)22-16(26)15(21)24-13-7-6-12(14(24)20)23(17(13)25)8-10-2-4-11(18)5-3-10/h2-5,12-13,20-21H,6-8H2,1H3,(H2,19,22,26). The van der Waals surface area contributed by atoms with Crippen LogP contribution >= 0.6 is 12.2 Å². The predicted molar refractivity (Wildman–Crippen MR) is 101 cm³/mol. The lowest BCUT2D eigenvalue weighted by atomic mass is 9.88. The van der Waals surface area contributed by atoms with Crippen LogP contribution in [-0.2, 0) is 11.3 Å². The first-order valence-electron chi connectivity index (χ1n) is 8.16. The number of amides is 1. The minimum atomic E-state index is -0.647. The molecule has 2 unspecified atom stereocenters. The Morgan fingerprint density at radius 2 is 1.96 bits per heavy atom. The molecule has 3 aliphatic rings. The van der Waals surface area contributed by atoms with Gasteiger partial charge in [-0.3, -0.25) is 20.5 Å². The Morgan fingerprint density at radius 1 is 1.35 bits per heavy atom. The minimum Gasteiger partial charge on any atom is -0.387 e. The summed E-state index contributed by atoms with van der Waals surface area (Å²) in [5.74, 6) is -0.281. The number of carbonyl (C=O) groups excluding carboxylic acids is 1. The quantitative estimate of drug-likeness (QED) is 0.415. The van der Waals surface area contributed by atoms with Gasteiger partial charge in [-0.25, -0.2) is 9.38 Å². The van der Waals surface area contributed by atoms with Gasteiger partial charge < -0.3 is 10.6 Å². The molecule has 2 bridgehead atoms. The van der Waals surface area contributed by atoms with Gasteiger partial charge in [0.1, 0.15) is 17.7 Å². The summed E-state index contributed by atoms with van der Waals surface area (Å²) in [6.45, 7) is 1.86. The summed E-state index contributed by atoms with van der Waals surface area (Å²) < 4.78 is 13.1. The Balaban J connectivity index is 1.82. The van der Waals surface area contributed by atoms with Crippen molar-refractivity contribution in [2.24, 2.45) is 10.7 Å². The number of amidine groups is 3. The molecule has 4 rings (SSSR count). The zero-order chi connectivity index (χ0) is 19.0. The largest absolute Gasteiger partial charge is 0.387 e. The molecule has 3 saturated heterocycles. The van der Waals surface area contributed by atoms with E-state index in [-0.39, 0.29) is 34.2 Å². The number of thiocarbonyl (C=S) groups is 1. The Morgan fingerprint density at radius 3 is 2.58 bits per heavy atom. The topological polar surface area (TPSA) is 110 Å². The summed E-state index contributed by atoms with van der Waals surface area (Å²) in [5, 5.41) is 16.7. The van der Waals surface area contributed by atoms with Gasteiger partial charge in [0.15, 0.2) is 10.8 Å². The molecule has 7 nitrogen and oxygen atoms in total. The van der Waals surface area contributed by atoms with Crippen LogP contribution in [0.1, 0.15) is 25.3 Å². The van der Waals surface area contributed by atoms with Gasteiger partial charge in [-0.2, -0.15) is 0 Å². The number of carbonyl (C=O) groups is 1. The monoisotopic (exact) mass is 374 g/mol. The van der Waals surface area contributed by atoms with Gasteiger partial charge in [-0.15, -0.1) is 0 Å². The summed E-state index contributed by atoms with van der Waals surface area (Å²) >= 11 is 5.10. The van der Waals surface area contributed by atoms with Gasteiger partial charge in [0, 0.05) is 6.54 Å². The number of piperazine rings is 1. The molecular weight excluding hydrogens is 355 g/mol. The Hall–Kier alpha value is -2.68. The van der Waals surface area contributed by atoms with Crippen molar-refractivity contribution in [2.45, 2.75) is 38.4 Å². The fourth-order valence-corrected chi connectivity index (χ4v) is 3.60. The van der Waals surface area contributed by atoms with Crippen LogP contribution in [0.5, 0.6) is 0 Å². The van der Waals surface area contributed by atoms with Crippen molar-refractivity contribution in [3.8, 4) is 0 Å². The van der Waals surface area contributed by atoms with Crippen molar-refractivity contribution in [1.29, 1.82) is 10.8 Å². The van der Waals surface area contributed by atoms with Crippen LogP contribution in [0.15, 0.2) is 29.3 Å². The van der Waals surface area contributed by atoms with Crippen LogP contribution in [0.4, 0.5) is 4.39 Å². The van der Waals surface area contributed by atoms with Crippen molar-refractivity contribution in [1.82, 2.24) is 9.80 Å². The van der Waals surface area contributed by atoms with E-state index in [9.17, 15) is 9.18 Å². The van der Waals surface area contributed by atoms with Crippen LogP contribution in [0, 0.1) is 16.6 Å². The number of nitrogens with two attached hydrogens (primary N) is 1. The number of aliphatic imine (C=N–C) groups is 1. The van der Waals surface area contributed by atoms with E-state index in [0.29, 0.717) is 19.4 Å². The first-order chi connectivity index (χ1) is 12.3. The fourth-order valence-electron chi connectivity index (χ4n) is 3.36. The number of nitrogens with one attached hydrogen (secondary N) is 2. The summed E-state index contributed by atoms with van der Waals surface area (Å²) in [5.41, 5.74) is 6.30. The smallest absolute Gasteiger partial charge is 0.246 e. The van der Waals surface area contributed by atoms with Gasteiger partial charge in [-0.1, -0.05) is 24.4 Å². The van der Waals surface area contributed by atoms with Crippen LogP contribution in [-0.4, -0.2) is 50.3 Å². The SMILES string of the molecule is CC(N)=NC(=S)C(=N)N1C(=N)C2CCC1C(=O)N2Cc1ccc(F)cc1. The highest BCUT2D eigenvalue weighted by atomic mass is 32.1. The molecule has 0 aliphatic carbocycles. The van der Waals surface area contributed by atoms with E-state index in [2.05, 4.69) is 4.99 Å². The normalized spacial score (nSPS) is 22.8. The summed E-state index contributed by atoms with van der Waals surface area (Å²) in [6, 6.07) is 4.86. The molecule has 136 valence electrons. The van der Waals surface area contributed by atoms with E-state index in [1.165, 1.54) is 17.0 Å².